The molecule has 1 rings (SSSR count). The van der Waals surface area contributed by atoms with Crippen LogP contribution in [0.15, 0.2) is 0 Å². The minimum absolute atomic E-state index is 0.880. The van der Waals surface area contributed by atoms with Gasteiger partial charge in [-0.3, -0.25) is 0 Å². The first kappa shape index (κ1) is 8.06. The van der Waals surface area contributed by atoms with Gasteiger partial charge in [-0.05, 0) is 32.4 Å². The minimum Gasteiger partial charge on any atom is -0.303 e. The summed E-state index contributed by atoms with van der Waals surface area (Å²) in [6.45, 7) is 5.97. The standard InChI is InChI=1S/C9H19N/c1-4-8(2)9-6-5-7-10(9)3/h8-9H,4-7H2,1-3H3/t8-,9?/m1/s1. The molecule has 1 heteroatoms. The fourth-order valence-electron chi connectivity index (χ4n) is 1.93. The van der Waals surface area contributed by atoms with E-state index in [0.717, 1.165) is 12.0 Å². The zero-order valence-electron chi connectivity index (χ0n) is 7.43. The molecule has 1 fully saturated rings. The Hall–Kier alpha value is -0.0400. The van der Waals surface area contributed by atoms with Crippen molar-refractivity contribution in [1.29, 1.82) is 0 Å². The van der Waals surface area contributed by atoms with Gasteiger partial charge in [0.15, 0.2) is 0 Å². The number of hydrogen-bond acceptors (Lipinski definition) is 1. The molecule has 1 saturated heterocycles. The number of likely N-dealkylation sites (tertiary alicyclic amines) is 1. The Morgan fingerprint density at radius 2 is 2.30 bits per heavy atom. The summed E-state index contributed by atoms with van der Waals surface area (Å²) in [5.41, 5.74) is 0. The Morgan fingerprint density at radius 3 is 2.70 bits per heavy atom. The molecular weight excluding hydrogens is 122 g/mol. The van der Waals surface area contributed by atoms with E-state index in [1.54, 1.807) is 0 Å². The third kappa shape index (κ3) is 1.51. The summed E-state index contributed by atoms with van der Waals surface area (Å²) in [6, 6.07) is 0.880. The normalized spacial score (nSPS) is 30.9. The molecule has 0 spiro atoms. The quantitative estimate of drug-likeness (QED) is 0.569. The highest BCUT2D eigenvalue weighted by Crippen LogP contribution is 2.23. The molecule has 1 nitrogen and oxygen atoms in total. The fraction of sp³-hybridized carbons (Fsp3) is 1.00. The maximum atomic E-state index is 2.51. The topological polar surface area (TPSA) is 3.24 Å². The molecule has 1 unspecified atom stereocenters. The summed E-state index contributed by atoms with van der Waals surface area (Å²) in [5.74, 6) is 0.896. The molecule has 0 N–H and O–H groups in total. The van der Waals surface area contributed by atoms with Crippen molar-refractivity contribution in [3.8, 4) is 0 Å². The van der Waals surface area contributed by atoms with Crippen molar-refractivity contribution in [3.63, 3.8) is 0 Å². The Balaban J connectivity index is 2.38. The lowest BCUT2D eigenvalue weighted by Gasteiger charge is -2.24. The van der Waals surface area contributed by atoms with Gasteiger partial charge >= 0.3 is 0 Å². The van der Waals surface area contributed by atoms with Crippen LogP contribution in [-0.4, -0.2) is 24.5 Å². The second-order valence-corrected chi connectivity index (χ2v) is 3.58. The highest BCUT2D eigenvalue weighted by atomic mass is 15.1. The van der Waals surface area contributed by atoms with Crippen LogP contribution in [0.5, 0.6) is 0 Å². The summed E-state index contributed by atoms with van der Waals surface area (Å²) in [5, 5.41) is 0. The van der Waals surface area contributed by atoms with E-state index in [1.807, 2.05) is 0 Å². The van der Waals surface area contributed by atoms with Crippen molar-refractivity contribution in [2.45, 2.75) is 39.2 Å². The van der Waals surface area contributed by atoms with Crippen LogP contribution in [-0.2, 0) is 0 Å². The average Bonchev–Trinajstić information content (AvgIpc) is 2.34. The van der Waals surface area contributed by atoms with Gasteiger partial charge in [-0.2, -0.15) is 0 Å². The average molecular weight is 141 g/mol. The zero-order valence-corrected chi connectivity index (χ0v) is 7.43. The molecule has 0 aromatic heterocycles. The zero-order chi connectivity index (χ0) is 7.56. The molecule has 1 aliphatic rings. The maximum Gasteiger partial charge on any atom is 0.0118 e. The van der Waals surface area contributed by atoms with E-state index < -0.39 is 0 Å². The van der Waals surface area contributed by atoms with E-state index in [9.17, 15) is 0 Å². The SMILES string of the molecule is CC[C@@H](C)C1CCCN1C. The molecule has 0 aromatic carbocycles. The molecule has 2 atom stereocenters. The summed E-state index contributed by atoms with van der Waals surface area (Å²) in [4.78, 5) is 2.51. The molecular formula is C9H19N. The van der Waals surface area contributed by atoms with Crippen LogP contribution >= 0.6 is 0 Å². The van der Waals surface area contributed by atoms with E-state index in [2.05, 4.69) is 25.8 Å². The van der Waals surface area contributed by atoms with E-state index >= 15 is 0 Å². The smallest absolute Gasteiger partial charge is 0.0118 e. The third-order valence-corrected chi connectivity index (χ3v) is 2.88. The number of hydrogen-bond donors (Lipinski definition) is 0. The van der Waals surface area contributed by atoms with Gasteiger partial charge in [0, 0.05) is 6.04 Å². The highest BCUT2D eigenvalue weighted by molar-refractivity contribution is 4.79. The van der Waals surface area contributed by atoms with Crippen molar-refractivity contribution in [1.82, 2.24) is 4.90 Å². The van der Waals surface area contributed by atoms with Crippen LogP contribution in [0.3, 0.4) is 0 Å². The van der Waals surface area contributed by atoms with Crippen LogP contribution in [0.4, 0.5) is 0 Å². The molecule has 1 heterocycles. The van der Waals surface area contributed by atoms with Gasteiger partial charge in [0.1, 0.15) is 0 Å². The van der Waals surface area contributed by atoms with Crippen LogP contribution < -0.4 is 0 Å². The summed E-state index contributed by atoms with van der Waals surface area (Å²) in [6.07, 6.45) is 4.16. The molecule has 0 saturated carbocycles. The Morgan fingerprint density at radius 1 is 1.60 bits per heavy atom. The molecule has 1 aliphatic heterocycles. The van der Waals surface area contributed by atoms with Crippen molar-refractivity contribution in [2.75, 3.05) is 13.6 Å². The van der Waals surface area contributed by atoms with Crippen molar-refractivity contribution in [3.05, 3.63) is 0 Å². The summed E-state index contributed by atoms with van der Waals surface area (Å²) in [7, 11) is 2.25. The lowest BCUT2D eigenvalue weighted by Crippen LogP contribution is -2.30. The van der Waals surface area contributed by atoms with Crippen LogP contribution in [0.2, 0.25) is 0 Å². The second-order valence-electron chi connectivity index (χ2n) is 3.58. The number of rotatable bonds is 2. The van der Waals surface area contributed by atoms with E-state index in [4.69, 9.17) is 0 Å². The lowest BCUT2D eigenvalue weighted by molar-refractivity contribution is 0.234. The predicted molar refractivity (Wildman–Crippen MR) is 45.1 cm³/mol. The Kier molecular flexibility index (Phi) is 2.72. The maximum absolute atomic E-state index is 2.51. The molecule has 0 aliphatic carbocycles. The van der Waals surface area contributed by atoms with Gasteiger partial charge in [-0.1, -0.05) is 20.3 Å². The second kappa shape index (κ2) is 3.38. The van der Waals surface area contributed by atoms with Crippen LogP contribution in [0.1, 0.15) is 33.1 Å². The van der Waals surface area contributed by atoms with Crippen molar-refractivity contribution in [2.24, 2.45) is 5.92 Å². The van der Waals surface area contributed by atoms with Gasteiger partial charge in [0.25, 0.3) is 0 Å². The fourth-order valence-corrected chi connectivity index (χ4v) is 1.93. The first-order chi connectivity index (χ1) is 4.75. The summed E-state index contributed by atoms with van der Waals surface area (Å²) < 4.78 is 0. The molecule has 60 valence electrons. The summed E-state index contributed by atoms with van der Waals surface area (Å²) >= 11 is 0. The minimum atomic E-state index is 0.880. The van der Waals surface area contributed by atoms with Crippen molar-refractivity contribution < 1.29 is 0 Å². The lowest BCUT2D eigenvalue weighted by atomic mass is 9.97. The van der Waals surface area contributed by atoms with E-state index in [1.165, 1.54) is 25.8 Å². The van der Waals surface area contributed by atoms with E-state index in [-0.39, 0.29) is 0 Å². The predicted octanol–water partition coefficient (Wildman–Crippen LogP) is 2.13. The van der Waals surface area contributed by atoms with Crippen LogP contribution in [0.25, 0.3) is 0 Å². The molecule has 0 aromatic rings. The number of nitrogens with zero attached hydrogens (tertiary/aromatic N) is 1. The molecule has 0 bridgehead atoms. The van der Waals surface area contributed by atoms with Gasteiger partial charge in [0.05, 0.1) is 0 Å². The van der Waals surface area contributed by atoms with Crippen LogP contribution in [0, 0.1) is 5.92 Å². The van der Waals surface area contributed by atoms with Crippen molar-refractivity contribution >= 4 is 0 Å². The van der Waals surface area contributed by atoms with Gasteiger partial charge < -0.3 is 4.90 Å². The van der Waals surface area contributed by atoms with Gasteiger partial charge in [-0.15, -0.1) is 0 Å². The third-order valence-electron chi connectivity index (χ3n) is 2.88. The first-order valence-electron chi connectivity index (χ1n) is 4.46. The Labute approximate surface area is 64.4 Å². The highest BCUT2D eigenvalue weighted by Gasteiger charge is 2.24. The van der Waals surface area contributed by atoms with Gasteiger partial charge in [-0.25, -0.2) is 0 Å². The molecule has 0 amide bonds. The molecule has 10 heavy (non-hydrogen) atoms. The van der Waals surface area contributed by atoms with E-state index in [0.29, 0.717) is 0 Å². The molecule has 0 radical (unpaired) electrons. The Bertz CT molecular complexity index is 101. The monoisotopic (exact) mass is 141 g/mol. The largest absolute Gasteiger partial charge is 0.303 e. The van der Waals surface area contributed by atoms with Gasteiger partial charge in [0.2, 0.25) is 0 Å². The first-order valence-corrected chi connectivity index (χ1v) is 4.46.